The molecule has 2 aromatic rings. The maximum atomic E-state index is 12.6. The molecular weight excluding hydrogens is 209 g/mol. The molecule has 0 saturated carbocycles. The third-order valence-corrected chi connectivity index (χ3v) is 2.15. The monoisotopic (exact) mass is 219 g/mol. The van der Waals surface area contributed by atoms with Crippen LogP contribution in [0.2, 0.25) is 0 Å². The average Bonchev–Trinajstić information content (AvgIpc) is 2.68. The van der Waals surface area contributed by atoms with Gasteiger partial charge < -0.3 is 10.3 Å². The van der Waals surface area contributed by atoms with Crippen LogP contribution < -0.4 is 5.32 Å². The van der Waals surface area contributed by atoms with E-state index in [1.54, 1.807) is 6.92 Å². The van der Waals surface area contributed by atoms with Gasteiger partial charge in [-0.1, -0.05) is 0 Å². The van der Waals surface area contributed by atoms with Crippen molar-refractivity contribution in [3.05, 3.63) is 47.8 Å². The summed E-state index contributed by atoms with van der Waals surface area (Å²) < 4.78 is 12.6. The topological polar surface area (TPSA) is 57.8 Å². The molecule has 0 spiro atoms. The molecule has 82 valence electrons. The Kier molecular flexibility index (Phi) is 2.68. The second-order valence-corrected chi connectivity index (χ2v) is 3.34. The summed E-state index contributed by atoms with van der Waals surface area (Å²) >= 11 is 0. The maximum Gasteiger partial charge on any atom is 0.276 e. The van der Waals surface area contributed by atoms with Crippen molar-refractivity contribution in [3.8, 4) is 0 Å². The molecular formula is C11H10FN3O. The van der Waals surface area contributed by atoms with E-state index in [1.165, 1.54) is 30.6 Å². The third kappa shape index (κ3) is 2.08. The first-order valence-electron chi connectivity index (χ1n) is 4.73. The van der Waals surface area contributed by atoms with E-state index in [2.05, 4.69) is 15.3 Å². The zero-order valence-corrected chi connectivity index (χ0v) is 8.62. The van der Waals surface area contributed by atoms with E-state index in [0.29, 0.717) is 17.1 Å². The van der Waals surface area contributed by atoms with Crippen LogP contribution in [0.25, 0.3) is 0 Å². The number of carbonyl (C=O) groups is 1. The molecule has 0 aliphatic carbocycles. The van der Waals surface area contributed by atoms with Crippen LogP contribution in [-0.4, -0.2) is 15.9 Å². The van der Waals surface area contributed by atoms with Gasteiger partial charge in [-0.25, -0.2) is 9.37 Å². The van der Waals surface area contributed by atoms with Gasteiger partial charge in [0.25, 0.3) is 5.91 Å². The highest BCUT2D eigenvalue weighted by Crippen LogP contribution is 2.10. The minimum atomic E-state index is -0.339. The lowest BCUT2D eigenvalue weighted by Crippen LogP contribution is -2.13. The highest BCUT2D eigenvalue weighted by atomic mass is 19.1. The lowest BCUT2D eigenvalue weighted by molar-refractivity contribution is 0.102. The van der Waals surface area contributed by atoms with Crippen molar-refractivity contribution in [3.63, 3.8) is 0 Å². The SMILES string of the molecule is Cc1[nH]cnc1C(=O)Nc1ccc(F)cc1. The number of H-pyrrole nitrogens is 1. The molecule has 0 saturated heterocycles. The molecule has 16 heavy (non-hydrogen) atoms. The highest BCUT2D eigenvalue weighted by molar-refractivity contribution is 6.03. The van der Waals surface area contributed by atoms with Gasteiger partial charge in [-0.3, -0.25) is 4.79 Å². The van der Waals surface area contributed by atoms with Gasteiger partial charge in [0.15, 0.2) is 0 Å². The Morgan fingerprint density at radius 2 is 2.06 bits per heavy atom. The molecule has 0 unspecified atom stereocenters. The van der Waals surface area contributed by atoms with Gasteiger partial charge in [0.1, 0.15) is 11.5 Å². The molecule has 2 N–H and O–H groups in total. The van der Waals surface area contributed by atoms with Crippen molar-refractivity contribution < 1.29 is 9.18 Å². The summed E-state index contributed by atoms with van der Waals surface area (Å²) in [7, 11) is 0. The Bertz CT molecular complexity index is 504. The van der Waals surface area contributed by atoms with E-state index in [4.69, 9.17) is 0 Å². The van der Waals surface area contributed by atoms with E-state index in [1.807, 2.05) is 0 Å². The number of imidazole rings is 1. The molecule has 5 heteroatoms. The lowest BCUT2D eigenvalue weighted by Gasteiger charge is -2.03. The van der Waals surface area contributed by atoms with E-state index < -0.39 is 0 Å². The third-order valence-electron chi connectivity index (χ3n) is 2.15. The molecule has 1 aromatic heterocycles. The number of hydrogen-bond donors (Lipinski definition) is 2. The summed E-state index contributed by atoms with van der Waals surface area (Å²) in [5, 5.41) is 2.62. The number of nitrogens with one attached hydrogen (secondary N) is 2. The van der Waals surface area contributed by atoms with Crippen LogP contribution in [0.3, 0.4) is 0 Å². The molecule has 0 radical (unpaired) electrons. The molecule has 1 amide bonds. The van der Waals surface area contributed by atoms with Gasteiger partial charge >= 0.3 is 0 Å². The predicted octanol–water partition coefficient (Wildman–Crippen LogP) is 2.11. The van der Waals surface area contributed by atoms with E-state index in [-0.39, 0.29) is 11.7 Å². The Labute approximate surface area is 91.5 Å². The number of amides is 1. The van der Waals surface area contributed by atoms with Crippen LogP contribution in [-0.2, 0) is 0 Å². The molecule has 1 heterocycles. The molecule has 4 nitrogen and oxygen atoms in total. The number of aromatic nitrogens is 2. The number of anilines is 1. The van der Waals surface area contributed by atoms with Crippen molar-refractivity contribution in [2.75, 3.05) is 5.32 Å². The highest BCUT2D eigenvalue weighted by Gasteiger charge is 2.11. The zero-order valence-electron chi connectivity index (χ0n) is 8.62. The Hall–Kier alpha value is -2.17. The number of rotatable bonds is 2. The summed E-state index contributed by atoms with van der Waals surface area (Å²) in [6.07, 6.45) is 1.45. The second-order valence-electron chi connectivity index (χ2n) is 3.34. The molecule has 0 aliphatic heterocycles. The largest absolute Gasteiger partial charge is 0.348 e. The average molecular weight is 219 g/mol. The maximum absolute atomic E-state index is 12.6. The molecule has 0 fully saturated rings. The van der Waals surface area contributed by atoms with Crippen LogP contribution >= 0.6 is 0 Å². The summed E-state index contributed by atoms with van der Waals surface area (Å²) in [6, 6.07) is 5.56. The Morgan fingerprint density at radius 3 is 2.62 bits per heavy atom. The van der Waals surface area contributed by atoms with Crippen molar-refractivity contribution in [2.45, 2.75) is 6.92 Å². The van der Waals surface area contributed by atoms with Crippen LogP contribution in [0.15, 0.2) is 30.6 Å². The number of aromatic amines is 1. The molecule has 1 aromatic carbocycles. The first-order chi connectivity index (χ1) is 7.66. The summed E-state index contributed by atoms with van der Waals surface area (Å²) in [4.78, 5) is 18.4. The quantitative estimate of drug-likeness (QED) is 0.812. The Balaban J connectivity index is 2.14. The van der Waals surface area contributed by atoms with Gasteiger partial charge in [0.05, 0.1) is 6.33 Å². The van der Waals surface area contributed by atoms with Gasteiger partial charge in [0.2, 0.25) is 0 Å². The van der Waals surface area contributed by atoms with Crippen LogP contribution in [0.5, 0.6) is 0 Å². The molecule has 0 aliphatic rings. The lowest BCUT2D eigenvalue weighted by atomic mass is 10.3. The zero-order chi connectivity index (χ0) is 11.5. The van der Waals surface area contributed by atoms with Crippen molar-refractivity contribution in [1.29, 1.82) is 0 Å². The fraction of sp³-hybridized carbons (Fsp3) is 0.0909. The number of aryl methyl sites for hydroxylation is 1. The summed E-state index contributed by atoms with van der Waals surface area (Å²) in [6.45, 7) is 1.76. The van der Waals surface area contributed by atoms with Crippen LogP contribution in [0, 0.1) is 12.7 Å². The number of halogens is 1. The summed E-state index contributed by atoms with van der Waals surface area (Å²) in [5.41, 5.74) is 1.57. The number of nitrogens with zero attached hydrogens (tertiary/aromatic N) is 1. The Morgan fingerprint density at radius 1 is 1.38 bits per heavy atom. The van der Waals surface area contributed by atoms with Crippen molar-refractivity contribution >= 4 is 11.6 Å². The molecule has 0 atom stereocenters. The first-order valence-corrected chi connectivity index (χ1v) is 4.73. The predicted molar refractivity (Wildman–Crippen MR) is 57.7 cm³/mol. The number of carbonyl (C=O) groups excluding carboxylic acids is 1. The number of hydrogen-bond acceptors (Lipinski definition) is 2. The van der Waals surface area contributed by atoms with E-state index >= 15 is 0 Å². The smallest absolute Gasteiger partial charge is 0.276 e. The minimum Gasteiger partial charge on any atom is -0.348 e. The fourth-order valence-electron chi connectivity index (χ4n) is 1.31. The van der Waals surface area contributed by atoms with Gasteiger partial charge in [-0.2, -0.15) is 0 Å². The fourth-order valence-corrected chi connectivity index (χ4v) is 1.31. The van der Waals surface area contributed by atoms with Crippen molar-refractivity contribution in [1.82, 2.24) is 9.97 Å². The van der Waals surface area contributed by atoms with Gasteiger partial charge in [0, 0.05) is 11.4 Å². The standard InChI is InChI=1S/C11H10FN3O/c1-7-10(14-6-13-7)11(16)15-9-4-2-8(12)3-5-9/h2-6H,1H3,(H,13,14)(H,15,16). The first kappa shape index (κ1) is 10.4. The number of benzene rings is 1. The molecule has 0 bridgehead atoms. The minimum absolute atomic E-state index is 0.314. The molecule has 2 rings (SSSR count). The van der Waals surface area contributed by atoms with E-state index in [0.717, 1.165) is 0 Å². The second kappa shape index (κ2) is 4.14. The van der Waals surface area contributed by atoms with E-state index in [9.17, 15) is 9.18 Å². The van der Waals surface area contributed by atoms with Crippen molar-refractivity contribution in [2.24, 2.45) is 0 Å². The van der Waals surface area contributed by atoms with Gasteiger partial charge in [-0.15, -0.1) is 0 Å². The van der Waals surface area contributed by atoms with Gasteiger partial charge in [-0.05, 0) is 31.2 Å². The normalized spacial score (nSPS) is 10.1. The van der Waals surface area contributed by atoms with Crippen LogP contribution in [0.1, 0.15) is 16.2 Å². The summed E-state index contributed by atoms with van der Waals surface area (Å²) in [5.74, 6) is -0.653. The van der Waals surface area contributed by atoms with Crippen LogP contribution in [0.4, 0.5) is 10.1 Å².